The predicted octanol–water partition coefficient (Wildman–Crippen LogP) is 1.80. The summed E-state index contributed by atoms with van der Waals surface area (Å²) in [6, 6.07) is 7.58. The van der Waals surface area contributed by atoms with Crippen molar-refractivity contribution >= 4 is 40.4 Å². The highest BCUT2D eigenvalue weighted by atomic mass is 35.5. The lowest BCUT2D eigenvalue weighted by molar-refractivity contribution is -0.728. The van der Waals surface area contributed by atoms with Crippen molar-refractivity contribution in [3.8, 4) is 0 Å². The smallest absolute Gasteiger partial charge is 0.239 e. The Labute approximate surface area is 103 Å². The number of hydrogen-bond acceptors (Lipinski definition) is 3. The average Bonchev–Trinajstić information content (AvgIpc) is 2.26. The van der Waals surface area contributed by atoms with Crippen molar-refractivity contribution in [1.29, 1.82) is 0 Å². The van der Waals surface area contributed by atoms with Crippen LogP contribution in [0.2, 0.25) is 0 Å². The summed E-state index contributed by atoms with van der Waals surface area (Å²) in [4.78, 5) is 11.2. The van der Waals surface area contributed by atoms with E-state index in [-0.39, 0.29) is 0 Å². The zero-order valence-corrected chi connectivity index (χ0v) is 10.2. The summed E-state index contributed by atoms with van der Waals surface area (Å²) in [5.41, 5.74) is 1.59. The maximum absolute atomic E-state index is 11.2. The first-order valence-corrected chi connectivity index (χ1v) is 5.62. The van der Waals surface area contributed by atoms with Gasteiger partial charge in [0.05, 0.1) is 0 Å². The fourth-order valence-corrected chi connectivity index (χ4v) is 1.94. The number of hydrogen-bond donors (Lipinski definition) is 1. The Morgan fingerprint density at radius 1 is 1.50 bits per heavy atom. The summed E-state index contributed by atoms with van der Waals surface area (Å²) in [5, 5.41) is 4.09. The molecule has 1 aromatic heterocycles. The Balaban J connectivity index is 2.72. The highest BCUT2D eigenvalue weighted by Gasteiger charge is 2.20. The van der Waals surface area contributed by atoms with Crippen LogP contribution in [-0.2, 0) is 11.8 Å². The minimum atomic E-state index is -0.624. The molecule has 0 N–H and O–H groups in total. The molecule has 2 aromatic rings. The Kier molecular flexibility index (Phi) is 3.12. The summed E-state index contributed by atoms with van der Waals surface area (Å²) in [6.45, 7) is 0. The predicted molar refractivity (Wildman–Crippen MR) is 65.5 cm³/mol. The highest BCUT2D eigenvalue weighted by molar-refractivity contribution is 7.81. The topological polar surface area (TPSA) is 33.8 Å². The van der Waals surface area contributed by atoms with Gasteiger partial charge in [-0.25, -0.2) is 0 Å². The van der Waals surface area contributed by atoms with E-state index in [0.29, 0.717) is 0 Å². The zero-order valence-electron chi connectivity index (χ0n) is 8.59. The molecule has 0 spiro atoms. The van der Waals surface area contributed by atoms with E-state index < -0.39 is 10.5 Å². The third-order valence-electron chi connectivity index (χ3n) is 2.32. The first kappa shape index (κ1) is 11.4. The van der Waals surface area contributed by atoms with E-state index in [1.54, 1.807) is 17.9 Å². The fourth-order valence-electron chi connectivity index (χ4n) is 1.61. The van der Waals surface area contributed by atoms with E-state index in [4.69, 9.17) is 11.6 Å². The number of thiol groups is 1. The Morgan fingerprint density at radius 3 is 2.88 bits per heavy atom. The SMILES string of the molecule is C[n+]1cc(C(S)C(=O)Cl)c2ccccc2n1. The summed E-state index contributed by atoms with van der Waals surface area (Å²) in [5.74, 6) is 0. The first-order chi connectivity index (χ1) is 7.59. The molecule has 16 heavy (non-hydrogen) atoms. The van der Waals surface area contributed by atoms with Crippen LogP contribution in [0.3, 0.4) is 0 Å². The summed E-state index contributed by atoms with van der Waals surface area (Å²) >= 11 is 9.69. The van der Waals surface area contributed by atoms with Crippen LogP contribution in [0.5, 0.6) is 0 Å². The van der Waals surface area contributed by atoms with Gasteiger partial charge in [0.1, 0.15) is 10.8 Å². The van der Waals surface area contributed by atoms with Crippen LogP contribution in [-0.4, -0.2) is 10.3 Å². The van der Waals surface area contributed by atoms with Gasteiger partial charge < -0.3 is 0 Å². The van der Waals surface area contributed by atoms with Gasteiger partial charge in [-0.1, -0.05) is 22.9 Å². The van der Waals surface area contributed by atoms with Crippen molar-refractivity contribution in [2.24, 2.45) is 7.05 Å². The first-order valence-electron chi connectivity index (χ1n) is 4.72. The van der Waals surface area contributed by atoms with Crippen molar-refractivity contribution in [2.75, 3.05) is 0 Å². The number of aryl methyl sites for hydroxylation is 1. The van der Waals surface area contributed by atoms with E-state index >= 15 is 0 Å². The molecule has 82 valence electrons. The normalized spacial score (nSPS) is 12.7. The van der Waals surface area contributed by atoms with Gasteiger partial charge in [0.25, 0.3) is 0 Å². The molecule has 3 nitrogen and oxygen atoms in total. The molecule has 0 bridgehead atoms. The molecule has 0 saturated carbocycles. The molecule has 5 heteroatoms. The Bertz CT molecular complexity index is 559. The lowest BCUT2D eigenvalue weighted by Gasteiger charge is -2.06. The minimum Gasteiger partial charge on any atom is -0.280 e. The van der Waals surface area contributed by atoms with Gasteiger partial charge in [-0.15, -0.1) is 0 Å². The molecule has 1 atom stereocenters. The molecule has 0 aliphatic heterocycles. The molecule has 2 rings (SSSR count). The third-order valence-corrected chi connectivity index (χ3v) is 3.20. The van der Waals surface area contributed by atoms with Gasteiger partial charge in [0, 0.05) is 10.9 Å². The fraction of sp³-hybridized carbons (Fsp3) is 0.182. The third kappa shape index (κ3) is 2.03. The summed E-state index contributed by atoms with van der Waals surface area (Å²) < 4.78 is 1.65. The van der Waals surface area contributed by atoms with Gasteiger partial charge in [0.2, 0.25) is 11.4 Å². The van der Waals surface area contributed by atoms with Crippen molar-refractivity contribution in [3.63, 3.8) is 0 Å². The van der Waals surface area contributed by atoms with Gasteiger partial charge in [-0.05, 0) is 22.8 Å². The van der Waals surface area contributed by atoms with Crippen molar-refractivity contribution < 1.29 is 9.48 Å². The van der Waals surface area contributed by atoms with Crippen molar-refractivity contribution in [3.05, 3.63) is 36.0 Å². The number of halogens is 1. The van der Waals surface area contributed by atoms with Crippen LogP contribution in [0, 0.1) is 0 Å². The van der Waals surface area contributed by atoms with Crippen LogP contribution >= 0.6 is 24.2 Å². The van der Waals surface area contributed by atoms with E-state index in [2.05, 4.69) is 17.7 Å². The number of carbonyl (C=O) groups is 1. The number of nitrogens with zero attached hydrogens (tertiary/aromatic N) is 2. The number of benzene rings is 1. The van der Waals surface area contributed by atoms with E-state index in [0.717, 1.165) is 16.5 Å². The van der Waals surface area contributed by atoms with Crippen molar-refractivity contribution in [1.82, 2.24) is 5.10 Å². The van der Waals surface area contributed by atoms with Crippen LogP contribution in [0.15, 0.2) is 30.5 Å². The molecule has 0 radical (unpaired) electrons. The molecule has 0 fully saturated rings. The van der Waals surface area contributed by atoms with Gasteiger partial charge in [-0.2, -0.15) is 12.6 Å². The van der Waals surface area contributed by atoms with Gasteiger partial charge in [-0.3, -0.25) is 4.79 Å². The molecular formula is C11H10ClN2OS+. The summed E-state index contributed by atoms with van der Waals surface area (Å²) in [7, 11) is 1.80. The maximum atomic E-state index is 11.2. The number of rotatable bonds is 2. The summed E-state index contributed by atoms with van der Waals surface area (Å²) in [6.07, 6.45) is 1.76. The molecular weight excluding hydrogens is 244 g/mol. The van der Waals surface area contributed by atoms with Crippen LogP contribution in [0.25, 0.3) is 10.9 Å². The van der Waals surface area contributed by atoms with Crippen LogP contribution in [0.1, 0.15) is 10.8 Å². The lowest BCUT2D eigenvalue weighted by atomic mass is 10.1. The molecule has 1 unspecified atom stereocenters. The Hall–Kier alpha value is -1.13. The highest BCUT2D eigenvalue weighted by Crippen LogP contribution is 2.27. The monoisotopic (exact) mass is 253 g/mol. The molecule has 0 saturated heterocycles. The number of fused-ring (bicyclic) bond motifs is 1. The van der Waals surface area contributed by atoms with Crippen molar-refractivity contribution in [2.45, 2.75) is 5.25 Å². The average molecular weight is 254 g/mol. The molecule has 1 aromatic carbocycles. The second-order valence-electron chi connectivity index (χ2n) is 3.48. The zero-order chi connectivity index (χ0) is 11.7. The van der Waals surface area contributed by atoms with Crippen LogP contribution < -0.4 is 4.68 Å². The Morgan fingerprint density at radius 2 is 2.19 bits per heavy atom. The number of aromatic nitrogens is 2. The molecule has 0 amide bonds. The standard InChI is InChI=1S/C11H9ClN2OS/c1-14-6-8(10(16)11(12)15)7-4-2-3-5-9(7)13-14/h2-6,10H,1H3/p+1. The van der Waals surface area contributed by atoms with E-state index in [1.165, 1.54) is 0 Å². The second-order valence-corrected chi connectivity index (χ2v) is 4.37. The minimum absolute atomic E-state index is 0.486. The number of carbonyl (C=O) groups excluding carboxylic acids is 1. The lowest BCUT2D eigenvalue weighted by Crippen LogP contribution is -2.33. The largest absolute Gasteiger partial charge is 0.280 e. The molecule has 1 heterocycles. The van der Waals surface area contributed by atoms with Gasteiger partial charge >= 0.3 is 0 Å². The van der Waals surface area contributed by atoms with Gasteiger partial charge in [0.15, 0.2) is 7.05 Å². The quantitative estimate of drug-likeness (QED) is 0.503. The second kappa shape index (κ2) is 4.39. The maximum Gasteiger partial charge on any atom is 0.239 e. The molecule has 0 aliphatic carbocycles. The van der Waals surface area contributed by atoms with Crippen LogP contribution in [0.4, 0.5) is 0 Å². The molecule has 0 aliphatic rings. The van der Waals surface area contributed by atoms with E-state index in [9.17, 15) is 4.79 Å². The van der Waals surface area contributed by atoms with E-state index in [1.807, 2.05) is 24.3 Å².